The van der Waals surface area contributed by atoms with E-state index < -0.39 is 0 Å². The van der Waals surface area contributed by atoms with E-state index in [1.54, 1.807) is 0 Å². The second-order valence-corrected chi connectivity index (χ2v) is 5.42. The van der Waals surface area contributed by atoms with E-state index in [0.717, 1.165) is 12.2 Å². The highest BCUT2D eigenvalue weighted by atomic mass is 16.5. The van der Waals surface area contributed by atoms with Gasteiger partial charge in [0.15, 0.2) is 0 Å². The van der Waals surface area contributed by atoms with Gasteiger partial charge >= 0.3 is 0 Å². The van der Waals surface area contributed by atoms with Gasteiger partial charge in [-0.05, 0) is 39.0 Å². The summed E-state index contributed by atoms with van der Waals surface area (Å²) in [6.45, 7) is 12.9. The summed E-state index contributed by atoms with van der Waals surface area (Å²) in [6, 6.07) is 0. The van der Waals surface area contributed by atoms with E-state index in [-0.39, 0.29) is 11.0 Å². The Kier molecular flexibility index (Phi) is 3.28. The Bertz CT molecular complexity index is 209. The SMILES string of the molecule is C=C(OC1(C)CCCC1)C(C)(C)CC. The van der Waals surface area contributed by atoms with E-state index in [1.165, 1.54) is 25.7 Å². The summed E-state index contributed by atoms with van der Waals surface area (Å²) in [5.41, 5.74) is 0.190. The molecular formula is C13H24O. The molecule has 1 aliphatic rings. The molecule has 1 fully saturated rings. The molecule has 0 bridgehead atoms. The summed E-state index contributed by atoms with van der Waals surface area (Å²) in [5, 5.41) is 0. The van der Waals surface area contributed by atoms with Crippen molar-refractivity contribution < 1.29 is 4.74 Å². The van der Waals surface area contributed by atoms with Crippen molar-refractivity contribution in [3.63, 3.8) is 0 Å². The molecular weight excluding hydrogens is 172 g/mol. The lowest BCUT2D eigenvalue weighted by Gasteiger charge is -2.34. The van der Waals surface area contributed by atoms with Crippen LogP contribution >= 0.6 is 0 Å². The summed E-state index contributed by atoms with van der Waals surface area (Å²) in [7, 11) is 0. The third-order valence-electron chi connectivity index (χ3n) is 3.67. The monoisotopic (exact) mass is 196 g/mol. The predicted octanol–water partition coefficient (Wildman–Crippen LogP) is 4.29. The van der Waals surface area contributed by atoms with E-state index in [9.17, 15) is 0 Å². The topological polar surface area (TPSA) is 9.23 Å². The molecule has 0 radical (unpaired) electrons. The van der Waals surface area contributed by atoms with Gasteiger partial charge in [0.2, 0.25) is 0 Å². The molecule has 0 aromatic carbocycles. The lowest BCUT2D eigenvalue weighted by molar-refractivity contribution is -0.00507. The third-order valence-corrected chi connectivity index (χ3v) is 3.67. The average Bonchev–Trinajstić information content (AvgIpc) is 2.52. The van der Waals surface area contributed by atoms with Crippen molar-refractivity contribution in [1.82, 2.24) is 0 Å². The first-order valence-electron chi connectivity index (χ1n) is 5.78. The summed E-state index contributed by atoms with van der Waals surface area (Å²) in [6.07, 6.45) is 6.06. The van der Waals surface area contributed by atoms with E-state index in [0.29, 0.717) is 0 Å². The van der Waals surface area contributed by atoms with Gasteiger partial charge in [0.25, 0.3) is 0 Å². The van der Waals surface area contributed by atoms with Gasteiger partial charge in [0.1, 0.15) is 5.60 Å². The molecule has 0 unspecified atom stereocenters. The first kappa shape index (κ1) is 11.6. The molecule has 1 rings (SSSR count). The van der Waals surface area contributed by atoms with Crippen molar-refractivity contribution in [1.29, 1.82) is 0 Å². The van der Waals surface area contributed by atoms with Crippen LogP contribution in [0.3, 0.4) is 0 Å². The summed E-state index contributed by atoms with van der Waals surface area (Å²) in [5.74, 6) is 0.962. The maximum absolute atomic E-state index is 6.06. The minimum Gasteiger partial charge on any atom is -0.492 e. The highest BCUT2D eigenvalue weighted by molar-refractivity contribution is 5.01. The highest BCUT2D eigenvalue weighted by Gasteiger charge is 2.34. The number of hydrogen-bond donors (Lipinski definition) is 0. The van der Waals surface area contributed by atoms with Crippen LogP contribution < -0.4 is 0 Å². The second kappa shape index (κ2) is 3.96. The Labute approximate surface area is 88.5 Å². The number of rotatable bonds is 4. The fourth-order valence-electron chi connectivity index (χ4n) is 1.86. The molecule has 0 atom stereocenters. The van der Waals surface area contributed by atoms with E-state index in [1.807, 2.05) is 0 Å². The lowest BCUT2D eigenvalue weighted by atomic mass is 9.88. The molecule has 0 aromatic heterocycles. The van der Waals surface area contributed by atoms with Crippen molar-refractivity contribution in [3.8, 4) is 0 Å². The van der Waals surface area contributed by atoms with Crippen LogP contribution in [0.5, 0.6) is 0 Å². The zero-order valence-electron chi connectivity index (χ0n) is 10.2. The Morgan fingerprint density at radius 1 is 1.36 bits per heavy atom. The van der Waals surface area contributed by atoms with Gasteiger partial charge in [-0.3, -0.25) is 0 Å². The van der Waals surface area contributed by atoms with Gasteiger partial charge < -0.3 is 4.74 Å². The molecule has 82 valence electrons. The number of ether oxygens (including phenoxy) is 1. The van der Waals surface area contributed by atoms with Gasteiger partial charge in [-0.2, -0.15) is 0 Å². The van der Waals surface area contributed by atoms with Crippen LogP contribution in [-0.2, 0) is 4.74 Å². The molecule has 1 nitrogen and oxygen atoms in total. The molecule has 0 amide bonds. The Morgan fingerprint density at radius 3 is 2.29 bits per heavy atom. The maximum atomic E-state index is 6.06. The summed E-state index contributed by atoms with van der Waals surface area (Å²) >= 11 is 0. The third kappa shape index (κ3) is 2.52. The molecule has 0 aliphatic heterocycles. The molecule has 0 saturated heterocycles. The Hall–Kier alpha value is -0.460. The van der Waals surface area contributed by atoms with Gasteiger partial charge in [-0.1, -0.05) is 27.4 Å². The molecule has 0 heterocycles. The van der Waals surface area contributed by atoms with Gasteiger partial charge in [-0.25, -0.2) is 0 Å². The number of hydrogen-bond acceptors (Lipinski definition) is 1. The number of allylic oxidation sites excluding steroid dienone is 1. The standard InChI is InChI=1S/C13H24O/c1-6-12(3,4)11(2)14-13(5)9-7-8-10-13/h2,6-10H2,1,3-5H3. The highest BCUT2D eigenvalue weighted by Crippen LogP contribution is 2.39. The van der Waals surface area contributed by atoms with Crippen molar-refractivity contribution >= 4 is 0 Å². The van der Waals surface area contributed by atoms with Gasteiger partial charge in [0.05, 0.1) is 5.76 Å². The molecule has 1 heteroatoms. The van der Waals surface area contributed by atoms with Crippen LogP contribution in [-0.4, -0.2) is 5.60 Å². The van der Waals surface area contributed by atoms with Crippen molar-refractivity contribution in [2.45, 2.75) is 65.4 Å². The van der Waals surface area contributed by atoms with Crippen LogP contribution in [0.1, 0.15) is 59.8 Å². The van der Waals surface area contributed by atoms with Crippen LogP contribution in [0, 0.1) is 5.41 Å². The predicted molar refractivity (Wildman–Crippen MR) is 61.2 cm³/mol. The van der Waals surface area contributed by atoms with Crippen LogP contribution in [0.15, 0.2) is 12.3 Å². The fourth-order valence-corrected chi connectivity index (χ4v) is 1.86. The molecule has 0 spiro atoms. The van der Waals surface area contributed by atoms with Crippen molar-refractivity contribution in [2.24, 2.45) is 5.41 Å². The lowest BCUT2D eigenvalue weighted by Crippen LogP contribution is -2.28. The molecule has 0 N–H and O–H groups in total. The first-order valence-corrected chi connectivity index (χ1v) is 5.78. The van der Waals surface area contributed by atoms with Gasteiger partial charge in [-0.15, -0.1) is 0 Å². The average molecular weight is 196 g/mol. The normalized spacial score (nSPS) is 20.9. The van der Waals surface area contributed by atoms with Crippen LogP contribution in [0.25, 0.3) is 0 Å². The van der Waals surface area contributed by atoms with E-state index in [4.69, 9.17) is 4.74 Å². The summed E-state index contributed by atoms with van der Waals surface area (Å²) < 4.78 is 6.06. The smallest absolute Gasteiger partial charge is 0.106 e. The molecule has 1 saturated carbocycles. The zero-order chi connectivity index (χ0) is 10.8. The van der Waals surface area contributed by atoms with Crippen LogP contribution in [0.4, 0.5) is 0 Å². The minimum absolute atomic E-state index is 0.0729. The molecule has 1 aliphatic carbocycles. The quantitative estimate of drug-likeness (QED) is 0.610. The first-order chi connectivity index (χ1) is 6.40. The van der Waals surface area contributed by atoms with Gasteiger partial charge in [0, 0.05) is 5.41 Å². The Morgan fingerprint density at radius 2 is 1.86 bits per heavy atom. The minimum atomic E-state index is 0.0729. The van der Waals surface area contributed by atoms with Crippen molar-refractivity contribution in [2.75, 3.05) is 0 Å². The molecule has 14 heavy (non-hydrogen) atoms. The Balaban J connectivity index is 2.55. The maximum Gasteiger partial charge on any atom is 0.106 e. The second-order valence-electron chi connectivity index (χ2n) is 5.42. The molecule has 0 aromatic rings. The van der Waals surface area contributed by atoms with Crippen LogP contribution in [0.2, 0.25) is 0 Å². The summed E-state index contributed by atoms with van der Waals surface area (Å²) in [4.78, 5) is 0. The fraction of sp³-hybridized carbons (Fsp3) is 0.846. The van der Waals surface area contributed by atoms with E-state index >= 15 is 0 Å². The zero-order valence-corrected chi connectivity index (χ0v) is 10.2. The van der Waals surface area contributed by atoms with Crippen molar-refractivity contribution in [3.05, 3.63) is 12.3 Å². The largest absolute Gasteiger partial charge is 0.492 e. The van der Waals surface area contributed by atoms with E-state index in [2.05, 4.69) is 34.3 Å².